The number of pyridine rings is 1. The lowest BCUT2D eigenvalue weighted by Crippen LogP contribution is -2.43. The van der Waals surface area contributed by atoms with Crippen molar-refractivity contribution in [3.63, 3.8) is 0 Å². The fourth-order valence-corrected chi connectivity index (χ4v) is 2.61. The van der Waals surface area contributed by atoms with Crippen LogP contribution >= 0.6 is 11.3 Å². The second-order valence-electron chi connectivity index (χ2n) is 4.67. The van der Waals surface area contributed by atoms with Gasteiger partial charge in [-0.25, -0.2) is 4.98 Å². The van der Waals surface area contributed by atoms with Gasteiger partial charge in [0.2, 0.25) is 5.91 Å². The molecule has 1 amide bonds. The minimum atomic E-state index is -0.277. The number of carbonyl (C=O) groups is 1. The van der Waals surface area contributed by atoms with Gasteiger partial charge in [0.1, 0.15) is 5.01 Å². The number of anilines is 1. The molecular formula is C14H18N4OS. The molecule has 0 saturated heterocycles. The van der Waals surface area contributed by atoms with Gasteiger partial charge < -0.3 is 5.32 Å². The number of hydrogen-bond donors (Lipinski definition) is 2. The predicted octanol–water partition coefficient (Wildman–Crippen LogP) is 2.39. The van der Waals surface area contributed by atoms with E-state index < -0.39 is 0 Å². The number of rotatable bonds is 6. The van der Waals surface area contributed by atoms with Crippen molar-refractivity contribution < 1.29 is 4.79 Å². The zero-order chi connectivity index (χ0) is 14.4. The second-order valence-corrected chi connectivity index (χ2v) is 5.56. The molecule has 2 heterocycles. The molecule has 2 N–H and O–H groups in total. The van der Waals surface area contributed by atoms with Crippen LogP contribution in [0, 0.1) is 0 Å². The molecule has 0 aromatic carbocycles. The summed E-state index contributed by atoms with van der Waals surface area (Å²) in [7, 11) is 0. The van der Waals surface area contributed by atoms with Gasteiger partial charge in [0.05, 0.1) is 24.0 Å². The quantitative estimate of drug-likeness (QED) is 0.857. The van der Waals surface area contributed by atoms with Crippen molar-refractivity contribution in [2.75, 3.05) is 11.9 Å². The first-order valence-electron chi connectivity index (χ1n) is 6.49. The van der Waals surface area contributed by atoms with Crippen molar-refractivity contribution in [1.29, 1.82) is 0 Å². The molecule has 1 atom stereocenters. The van der Waals surface area contributed by atoms with Crippen molar-refractivity contribution >= 4 is 22.9 Å². The van der Waals surface area contributed by atoms with E-state index in [0.29, 0.717) is 5.69 Å². The highest BCUT2D eigenvalue weighted by molar-refractivity contribution is 7.09. The number of amides is 1. The lowest BCUT2D eigenvalue weighted by Gasteiger charge is -2.27. The monoisotopic (exact) mass is 290 g/mol. The van der Waals surface area contributed by atoms with E-state index in [-0.39, 0.29) is 18.0 Å². The summed E-state index contributed by atoms with van der Waals surface area (Å²) in [6.45, 7) is 4.37. The third-order valence-corrected chi connectivity index (χ3v) is 4.23. The fourth-order valence-electron chi connectivity index (χ4n) is 1.77. The fraction of sp³-hybridized carbons (Fsp3) is 0.357. The molecule has 2 rings (SSSR count). The van der Waals surface area contributed by atoms with Gasteiger partial charge in [0.15, 0.2) is 0 Å². The van der Waals surface area contributed by atoms with Crippen LogP contribution in [0.1, 0.15) is 25.3 Å². The Bertz CT molecular complexity index is 544. The maximum absolute atomic E-state index is 11.9. The van der Waals surface area contributed by atoms with Gasteiger partial charge >= 0.3 is 0 Å². The highest BCUT2D eigenvalue weighted by Crippen LogP contribution is 2.25. The average Bonchev–Trinajstić information content (AvgIpc) is 3.01. The van der Waals surface area contributed by atoms with Crippen molar-refractivity contribution in [2.45, 2.75) is 25.8 Å². The summed E-state index contributed by atoms with van der Waals surface area (Å²) in [5.41, 5.74) is 0.423. The Kier molecular flexibility index (Phi) is 4.81. The molecule has 0 aliphatic rings. The van der Waals surface area contributed by atoms with Crippen LogP contribution in [0.4, 0.5) is 5.69 Å². The molecule has 106 valence electrons. The lowest BCUT2D eigenvalue weighted by molar-refractivity contribution is -0.115. The van der Waals surface area contributed by atoms with Gasteiger partial charge in [-0.15, -0.1) is 11.3 Å². The van der Waals surface area contributed by atoms with Crippen molar-refractivity contribution in [1.82, 2.24) is 15.3 Å². The summed E-state index contributed by atoms with van der Waals surface area (Å²) in [6.07, 6.45) is 5.94. The molecule has 0 fully saturated rings. The maximum Gasteiger partial charge on any atom is 0.238 e. The standard InChI is InChI=1S/C14H18N4OS/c1-3-14(2,13-16-7-8-20-13)17-10-12(19)18-11-5-4-6-15-9-11/h4-9,17H,3,10H2,1-2H3,(H,18,19)/t14-/m1/s1. The van der Waals surface area contributed by atoms with Crippen LogP contribution in [0.2, 0.25) is 0 Å². The Hall–Kier alpha value is -1.79. The highest BCUT2D eigenvalue weighted by Gasteiger charge is 2.27. The summed E-state index contributed by atoms with van der Waals surface area (Å²) in [5, 5.41) is 9.03. The number of carbonyl (C=O) groups excluding carboxylic acids is 1. The molecule has 0 bridgehead atoms. The first kappa shape index (κ1) is 14.6. The van der Waals surface area contributed by atoms with E-state index in [9.17, 15) is 4.79 Å². The smallest absolute Gasteiger partial charge is 0.238 e. The minimum absolute atomic E-state index is 0.0887. The molecule has 0 unspecified atom stereocenters. The van der Waals surface area contributed by atoms with Gasteiger partial charge in [-0.3, -0.25) is 15.1 Å². The van der Waals surface area contributed by atoms with Crippen molar-refractivity contribution in [3.05, 3.63) is 41.1 Å². The molecule has 2 aromatic heterocycles. The average molecular weight is 290 g/mol. The van der Waals surface area contributed by atoms with E-state index in [4.69, 9.17) is 0 Å². The molecule has 0 spiro atoms. The van der Waals surface area contributed by atoms with E-state index in [1.807, 2.05) is 11.4 Å². The SMILES string of the molecule is CC[C@@](C)(NCC(=O)Nc1cccnc1)c1nccs1. The number of aromatic nitrogens is 2. The largest absolute Gasteiger partial charge is 0.324 e. The van der Waals surface area contributed by atoms with Crippen LogP contribution < -0.4 is 10.6 Å². The molecule has 0 aliphatic carbocycles. The van der Waals surface area contributed by atoms with E-state index in [2.05, 4.69) is 34.4 Å². The third-order valence-electron chi connectivity index (χ3n) is 3.20. The number of nitrogens with one attached hydrogen (secondary N) is 2. The van der Waals surface area contributed by atoms with Gasteiger partial charge in [-0.05, 0) is 25.5 Å². The first-order chi connectivity index (χ1) is 9.64. The van der Waals surface area contributed by atoms with Gasteiger partial charge in [0.25, 0.3) is 0 Å². The Morgan fingerprint density at radius 1 is 1.45 bits per heavy atom. The van der Waals surface area contributed by atoms with Gasteiger partial charge in [-0.2, -0.15) is 0 Å². The Morgan fingerprint density at radius 2 is 2.30 bits per heavy atom. The molecular weight excluding hydrogens is 272 g/mol. The highest BCUT2D eigenvalue weighted by atomic mass is 32.1. The third kappa shape index (κ3) is 3.61. The van der Waals surface area contributed by atoms with E-state index in [1.165, 1.54) is 0 Å². The summed E-state index contributed by atoms with van der Waals surface area (Å²) in [4.78, 5) is 20.2. The second kappa shape index (κ2) is 6.58. The zero-order valence-electron chi connectivity index (χ0n) is 11.6. The molecule has 5 nitrogen and oxygen atoms in total. The Morgan fingerprint density at radius 3 is 2.90 bits per heavy atom. The summed E-state index contributed by atoms with van der Waals surface area (Å²) in [5.74, 6) is -0.0887. The zero-order valence-corrected chi connectivity index (χ0v) is 12.4. The molecule has 0 saturated carbocycles. The van der Waals surface area contributed by atoms with E-state index >= 15 is 0 Å². The number of hydrogen-bond acceptors (Lipinski definition) is 5. The minimum Gasteiger partial charge on any atom is -0.324 e. The molecule has 20 heavy (non-hydrogen) atoms. The van der Waals surface area contributed by atoms with Crippen LogP contribution in [0.25, 0.3) is 0 Å². The van der Waals surface area contributed by atoms with E-state index in [0.717, 1.165) is 11.4 Å². The van der Waals surface area contributed by atoms with Gasteiger partial charge in [0, 0.05) is 17.8 Å². The maximum atomic E-state index is 11.9. The number of thiazole rings is 1. The first-order valence-corrected chi connectivity index (χ1v) is 7.37. The van der Waals surface area contributed by atoms with Crippen LogP contribution in [0.3, 0.4) is 0 Å². The lowest BCUT2D eigenvalue weighted by atomic mass is 10.00. The predicted molar refractivity (Wildman–Crippen MR) is 80.6 cm³/mol. The normalized spacial score (nSPS) is 13.7. The summed E-state index contributed by atoms with van der Waals surface area (Å²) < 4.78 is 0. The van der Waals surface area contributed by atoms with Crippen LogP contribution in [-0.2, 0) is 10.3 Å². The molecule has 0 radical (unpaired) electrons. The van der Waals surface area contributed by atoms with Crippen LogP contribution in [0.15, 0.2) is 36.1 Å². The van der Waals surface area contributed by atoms with E-state index in [1.54, 1.807) is 36.0 Å². The summed E-state index contributed by atoms with van der Waals surface area (Å²) in [6, 6.07) is 3.60. The van der Waals surface area contributed by atoms with Gasteiger partial charge in [-0.1, -0.05) is 6.92 Å². The topological polar surface area (TPSA) is 66.9 Å². The number of nitrogens with zero attached hydrogens (tertiary/aromatic N) is 2. The van der Waals surface area contributed by atoms with Crippen molar-refractivity contribution in [3.8, 4) is 0 Å². The molecule has 2 aromatic rings. The van der Waals surface area contributed by atoms with Crippen molar-refractivity contribution in [2.24, 2.45) is 0 Å². The molecule has 6 heteroatoms. The Labute approximate surface area is 122 Å². The molecule has 0 aliphatic heterocycles. The Balaban J connectivity index is 1.92. The van der Waals surface area contributed by atoms with Crippen LogP contribution in [-0.4, -0.2) is 22.4 Å². The van der Waals surface area contributed by atoms with Crippen LogP contribution in [0.5, 0.6) is 0 Å². The summed E-state index contributed by atoms with van der Waals surface area (Å²) >= 11 is 1.59.